The van der Waals surface area contributed by atoms with Crippen molar-refractivity contribution in [2.75, 3.05) is 32.8 Å². The van der Waals surface area contributed by atoms with E-state index in [1.54, 1.807) is 12.1 Å². The average molecular weight is 381 g/mol. The van der Waals surface area contributed by atoms with E-state index < -0.39 is 0 Å². The van der Waals surface area contributed by atoms with Gasteiger partial charge in [-0.25, -0.2) is 4.39 Å². The zero-order valence-electron chi connectivity index (χ0n) is 15.9. The number of aromatic nitrogens is 1. The number of nitrogens with one attached hydrogen (secondary N) is 2. The van der Waals surface area contributed by atoms with Crippen LogP contribution in [0.5, 0.6) is 0 Å². The molecule has 28 heavy (non-hydrogen) atoms. The Kier molecular flexibility index (Phi) is 5.41. The molecule has 0 aliphatic carbocycles. The molecule has 2 heterocycles. The van der Waals surface area contributed by atoms with Gasteiger partial charge in [-0.3, -0.25) is 9.69 Å². The van der Waals surface area contributed by atoms with Crippen molar-refractivity contribution in [1.29, 1.82) is 0 Å². The van der Waals surface area contributed by atoms with Crippen LogP contribution in [-0.2, 0) is 4.74 Å². The van der Waals surface area contributed by atoms with E-state index in [1.165, 1.54) is 17.7 Å². The molecule has 0 bridgehead atoms. The second kappa shape index (κ2) is 8.12. The van der Waals surface area contributed by atoms with Crippen molar-refractivity contribution in [3.05, 3.63) is 71.2 Å². The van der Waals surface area contributed by atoms with Crippen LogP contribution in [0.2, 0.25) is 0 Å². The molecule has 6 heteroatoms. The molecule has 146 valence electrons. The fourth-order valence-corrected chi connectivity index (χ4v) is 3.54. The maximum atomic E-state index is 13.4. The third kappa shape index (κ3) is 4.24. The van der Waals surface area contributed by atoms with Crippen LogP contribution in [0.1, 0.15) is 27.7 Å². The monoisotopic (exact) mass is 381 g/mol. The van der Waals surface area contributed by atoms with Crippen molar-refractivity contribution in [1.82, 2.24) is 15.2 Å². The molecule has 0 spiro atoms. The zero-order chi connectivity index (χ0) is 19.5. The number of aromatic amines is 1. The fourth-order valence-electron chi connectivity index (χ4n) is 3.54. The van der Waals surface area contributed by atoms with E-state index in [-0.39, 0.29) is 17.8 Å². The van der Waals surface area contributed by atoms with Crippen molar-refractivity contribution in [3.8, 4) is 0 Å². The largest absolute Gasteiger partial charge is 0.379 e. The molecule has 1 aromatic heterocycles. The molecule has 1 atom stereocenters. The summed E-state index contributed by atoms with van der Waals surface area (Å²) in [6, 6.07) is 14.2. The summed E-state index contributed by atoms with van der Waals surface area (Å²) in [5, 5.41) is 3.83. The number of morpholine rings is 1. The van der Waals surface area contributed by atoms with Gasteiger partial charge >= 0.3 is 0 Å². The van der Waals surface area contributed by atoms with E-state index in [1.807, 2.05) is 6.92 Å². The summed E-state index contributed by atoms with van der Waals surface area (Å²) in [5.74, 6) is -0.515. The molecule has 1 amide bonds. The first-order chi connectivity index (χ1) is 13.6. The second-order valence-corrected chi connectivity index (χ2v) is 7.26. The van der Waals surface area contributed by atoms with Gasteiger partial charge in [0.2, 0.25) is 0 Å². The number of aryl methyl sites for hydroxylation is 1. The summed E-state index contributed by atoms with van der Waals surface area (Å²) in [6.07, 6.45) is 0. The van der Waals surface area contributed by atoms with Crippen LogP contribution in [0.4, 0.5) is 4.39 Å². The molecular formula is C22H24FN3O2. The summed E-state index contributed by atoms with van der Waals surface area (Å²) in [5.41, 5.74) is 3.41. The average Bonchev–Trinajstić information content (AvgIpc) is 3.12. The Balaban J connectivity index is 1.55. The highest BCUT2D eigenvalue weighted by Gasteiger charge is 2.21. The predicted molar refractivity (Wildman–Crippen MR) is 107 cm³/mol. The number of rotatable bonds is 5. The summed E-state index contributed by atoms with van der Waals surface area (Å²) in [4.78, 5) is 18.3. The smallest absolute Gasteiger partial charge is 0.268 e. The van der Waals surface area contributed by atoms with E-state index in [4.69, 9.17) is 4.74 Å². The maximum Gasteiger partial charge on any atom is 0.268 e. The number of hydrogen-bond donors (Lipinski definition) is 2. The van der Waals surface area contributed by atoms with Crippen LogP contribution in [0.25, 0.3) is 10.9 Å². The molecule has 1 aliphatic heterocycles. The van der Waals surface area contributed by atoms with E-state index >= 15 is 0 Å². The molecule has 0 unspecified atom stereocenters. The first kappa shape index (κ1) is 18.7. The topological polar surface area (TPSA) is 57.4 Å². The predicted octanol–water partition coefficient (Wildman–Crippen LogP) is 3.42. The van der Waals surface area contributed by atoms with Crippen molar-refractivity contribution >= 4 is 16.8 Å². The highest BCUT2D eigenvalue weighted by atomic mass is 19.1. The Bertz CT molecular complexity index is 962. The molecule has 1 fully saturated rings. The summed E-state index contributed by atoms with van der Waals surface area (Å²) < 4.78 is 18.9. The second-order valence-electron chi connectivity index (χ2n) is 7.26. The molecule has 4 rings (SSSR count). The molecule has 1 saturated heterocycles. The number of ether oxygens (including phenoxy) is 1. The minimum absolute atomic E-state index is 0.144. The number of nitrogens with zero attached hydrogens (tertiary/aromatic N) is 1. The van der Waals surface area contributed by atoms with Gasteiger partial charge in [-0.05, 0) is 36.8 Å². The SMILES string of the molecule is Cc1ccc([C@H](CN2CCOCC2)NC(=O)c2cc3cc(F)ccc3[nH]2)cc1. The van der Waals surface area contributed by atoms with Gasteiger partial charge in [0.25, 0.3) is 5.91 Å². The van der Waals surface area contributed by atoms with Crippen molar-refractivity contribution in [2.24, 2.45) is 0 Å². The maximum absolute atomic E-state index is 13.4. The number of H-pyrrole nitrogens is 1. The Hall–Kier alpha value is -2.70. The van der Waals surface area contributed by atoms with Crippen LogP contribution in [0.3, 0.4) is 0 Å². The highest BCUT2D eigenvalue weighted by Crippen LogP contribution is 2.20. The van der Waals surface area contributed by atoms with Gasteiger partial charge in [-0.1, -0.05) is 29.8 Å². The first-order valence-electron chi connectivity index (χ1n) is 9.54. The number of fused-ring (bicyclic) bond motifs is 1. The summed E-state index contributed by atoms with van der Waals surface area (Å²) in [6.45, 7) is 5.88. The summed E-state index contributed by atoms with van der Waals surface area (Å²) >= 11 is 0. The van der Waals surface area contributed by atoms with E-state index in [0.29, 0.717) is 30.8 Å². The van der Waals surface area contributed by atoms with E-state index in [0.717, 1.165) is 24.2 Å². The quantitative estimate of drug-likeness (QED) is 0.712. The van der Waals surface area contributed by atoms with Crippen molar-refractivity contribution in [2.45, 2.75) is 13.0 Å². The van der Waals surface area contributed by atoms with Crippen LogP contribution in [0.15, 0.2) is 48.5 Å². The Morgan fingerprint density at radius 3 is 2.68 bits per heavy atom. The molecule has 5 nitrogen and oxygen atoms in total. The molecule has 1 aliphatic rings. The van der Waals surface area contributed by atoms with E-state index in [2.05, 4.69) is 39.5 Å². The standard InChI is InChI=1S/C22H24FN3O2/c1-15-2-4-16(5-3-15)21(14-26-8-10-28-11-9-26)25-22(27)20-13-17-12-18(23)6-7-19(17)24-20/h2-7,12-13,21,24H,8-11,14H2,1H3,(H,25,27)/t21-/m0/s1. The minimum atomic E-state index is -0.316. The zero-order valence-corrected chi connectivity index (χ0v) is 15.9. The van der Waals surface area contributed by atoms with Gasteiger partial charge in [0.1, 0.15) is 11.5 Å². The number of hydrogen-bond acceptors (Lipinski definition) is 3. The van der Waals surface area contributed by atoms with Gasteiger partial charge in [0.15, 0.2) is 0 Å². The molecular weight excluding hydrogens is 357 g/mol. The number of carbonyl (C=O) groups excluding carboxylic acids is 1. The van der Waals surface area contributed by atoms with Crippen LogP contribution in [-0.4, -0.2) is 48.6 Å². The molecule has 3 aromatic rings. The number of carbonyl (C=O) groups is 1. The first-order valence-corrected chi connectivity index (χ1v) is 9.54. The van der Waals surface area contributed by atoms with Gasteiger partial charge < -0.3 is 15.0 Å². The number of benzene rings is 2. The van der Waals surface area contributed by atoms with Gasteiger partial charge in [-0.2, -0.15) is 0 Å². The summed E-state index contributed by atoms with van der Waals surface area (Å²) in [7, 11) is 0. The molecule has 2 aromatic carbocycles. The lowest BCUT2D eigenvalue weighted by Crippen LogP contribution is -2.43. The van der Waals surface area contributed by atoms with E-state index in [9.17, 15) is 9.18 Å². The third-order valence-electron chi connectivity index (χ3n) is 5.16. The molecule has 0 saturated carbocycles. The highest BCUT2D eigenvalue weighted by molar-refractivity contribution is 5.98. The number of halogens is 1. The van der Waals surface area contributed by atoms with Crippen LogP contribution < -0.4 is 5.32 Å². The fraction of sp³-hybridized carbons (Fsp3) is 0.318. The van der Waals surface area contributed by atoms with Gasteiger partial charge in [-0.15, -0.1) is 0 Å². The Morgan fingerprint density at radius 2 is 1.93 bits per heavy atom. The van der Waals surface area contributed by atoms with Gasteiger partial charge in [0.05, 0.1) is 19.3 Å². The van der Waals surface area contributed by atoms with Crippen LogP contribution >= 0.6 is 0 Å². The van der Waals surface area contributed by atoms with Crippen LogP contribution in [0, 0.1) is 12.7 Å². The molecule has 0 radical (unpaired) electrons. The Morgan fingerprint density at radius 1 is 1.18 bits per heavy atom. The lowest BCUT2D eigenvalue weighted by molar-refractivity contribution is 0.0332. The normalized spacial score (nSPS) is 16.2. The lowest BCUT2D eigenvalue weighted by Gasteiger charge is -2.31. The lowest BCUT2D eigenvalue weighted by atomic mass is 10.0. The third-order valence-corrected chi connectivity index (χ3v) is 5.16. The molecule has 2 N–H and O–H groups in total. The van der Waals surface area contributed by atoms with Crippen molar-refractivity contribution < 1.29 is 13.9 Å². The van der Waals surface area contributed by atoms with Crippen molar-refractivity contribution in [3.63, 3.8) is 0 Å². The van der Waals surface area contributed by atoms with Gasteiger partial charge in [0, 0.05) is 30.5 Å². The number of amides is 1. The Labute approximate surface area is 163 Å². The minimum Gasteiger partial charge on any atom is -0.379 e.